The zero-order valence-electron chi connectivity index (χ0n) is 8.37. The van der Waals surface area contributed by atoms with Crippen molar-refractivity contribution in [2.24, 2.45) is 0 Å². The Morgan fingerprint density at radius 2 is 2.00 bits per heavy atom. The van der Waals surface area contributed by atoms with Crippen LogP contribution in [-0.4, -0.2) is 0 Å². The molecule has 0 amide bonds. The molecule has 0 aliphatic rings. The zero-order chi connectivity index (χ0) is 9.52. The van der Waals surface area contributed by atoms with Crippen LogP contribution in [0.4, 0.5) is 0 Å². The molecule has 0 aliphatic carbocycles. The molecule has 0 radical (unpaired) electrons. The van der Waals surface area contributed by atoms with Gasteiger partial charge in [-0.2, -0.15) is 0 Å². The first-order chi connectivity index (χ1) is 6.38. The lowest BCUT2D eigenvalue weighted by molar-refractivity contribution is 0.664. The van der Waals surface area contributed by atoms with Gasteiger partial charge in [-0.3, -0.25) is 0 Å². The van der Waals surface area contributed by atoms with Gasteiger partial charge in [0.1, 0.15) is 0 Å². The van der Waals surface area contributed by atoms with E-state index in [1.165, 1.54) is 24.8 Å². The largest absolute Gasteiger partial charge is 0.102 e. The fourth-order valence-corrected chi connectivity index (χ4v) is 1.54. The van der Waals surface area contributed by atoms with Gasteiger partial charge in [-0.25, -0.2) is 0 Å². The number of hydrogen-bond donors (Lipinski definition) is 0. The second-order valence-corrected chi connectivity index (χ2v) is 3.40. The summed E-state index contributed by atoms with van der Waals surface area (Å²) in [6.45, 7) is 6.12. The molecule has 0 heteroatoms. The smallest absolute Gasteiger partial charge is 0.00152 e. The van der Waals surface area contributed by atoms with Gasteiger partial charge in [0.15, 0.2) is 0 Å². The van der Waals surface area contributed by atoms with Crippen molar-refractivity contribution in [1.82, 2.24) is 0 Å². The summed E-state index contributed by atoms with van der Waals surface area (Å²) in [5.74, 6) is 0.543. The van der Waals surface area contributed by atoms with E-state index in [1.807, 2.05) is 0 Å². The van der Waals surface area contributed by atoms with Crippen LogP contribution in [0, 0.1) is 0 Å². The Labute approximate surface area is 81.3 Å². The van der Waals surface area contributed by atoms with E-state index in [-0.39, 0.29) is 0 Å². The van der Waals surface area contributed by atoms with Crippen molar-refractivity contribution in [2.75, 3.05) is 0 Å². The van der Waals surface area contributed by atoms with Crippen LogP contribution in [0.25, 0.3) is 0 Å². The molecule has 0 saturated heterocycles. The van der Waals surface area contributed by atoms with Crippen molar-refractivity contribution in [1.29, 1.82) is 0 Å². The minimum atomic E-state index is 0.543. The van der Waals surface area contributed by atoms with E-state index in [2.05, 4.69) is 49.9 Å². The molecule has 0 heterocycles. The minimum Gasteiger partial charge on any atom is -0.102 e. The fraction of sp³-hybridized carbons (Fsp3) is 0.385. The molecule has 13 heavy (non-hydrogen) atoms. The molecule has 1 aromatic carbocycles. The molecule has 0 saturated carbocycles. The van der Waals surface area contributed by atoms with Gasteiger partial charge in [0, 0.05) is 5.92 Å². The van der Waals surface area contributed by atoms with Gasteiger partial charge in [0.2, 0.25) is 0 Å². The SMILES string of the molecule is C=C[C@H](CCCC)c1ccccc1. The van der Waals surface area contributed by atoms with Gasteiger partial charge in [-0.1, -0.05) is 56.2 Å². The lowest BCUT2D eigenvalue weighted by Crippen LogP contribution is -1.93. The summed E-state index contributed by atoms with van der Waals surface area (Å²) in [7, 11) is 0. The molecule has 1 aromatic rings. The van der Waals surface area contributed by atoms with Crippen LogP contribution in [0.5, 0.6) is 0 Å². The molecular formula is C13H18. The standard InChI is InChI=1S/C13H18/c1-3-5-9-12(4-2)13-10-7-6-8-11-13/h4,6-8,10-12H,2-3,5,9H2,1H3/t12-/m1/s1. The lowest BCUT2D eigenvalue weighted by Gasteiger charge is -2.11. The molecule has 0 nitrogen and oxygen atoms in total. The normalized spacial score (nSPS) is 12.4. The van der Waals surface area contributed by atoms with Crippen molar-refractivity contribution < 1.29 is 0 Å². The van der Waals surface area contributed by atoms with Crippen LogP contribution >= 0.6 is 0 Å². The molecule has 0 bridgehead atoms. The Balaban J connectivity index is 2.61. The first-order valence-corrected chi connectivity index (χ1v) is 5.06. The van der Waals surface area contributed by atoms with E-state index in [4.69, 9.17) is 0 Å². The van der Waals surface area contributed by atoms with Crippen LogP contribution in [0.15, 0.2) is 43.0 Å². The average Bonchev–Trinajstić information content (AvgIpc) is 2.21. The average molecular weight is 174 g/mol. The molecule has 1 atom stereocenters. The van der Waals surface area contributed by atoms with Crippen molar-refractivity contribution in [3.8, 4) is 0 Å². The summed E-state index contributed by atoms with van der Waals surface area (Å²) in [5.41, 5.74) is 1.39. The van der Waals surface area contributed by atoms with Gasteiger partial charge in [-0.15, -0.1) is 6.58 Å². The third-order valence-electron chi connectivity index (χ3n) is 2.38. The Morgan fingerprint density at radius 1 is 1.31 bits per heavy atom. The van der Waals surface area contributed by atoms with E-state index in [0.717, 1.165) is 0 Å². The highest BCUT2D eigenvalue weighted by molar-refractivity contribution is 5.22. The van der Waals surface area contributed by atoms with E-state index in [9.17, 15) is 0 Å². The van der Waals surface area contributed by atoms with Gasteiger partial charge in [-0.05, 0) is 12.0 Å². The summed E-state index contributed by atoms with van der Waals surface area (Å²) < 4.78 is 0. The maximum Gasteiger partial charge on any atom is 0.00152 e. The molecule has 0 N–H and O–H groups in total. The van der Waals surface area contributed by atoms with E-state index >= 15 is 0 Å². The monoisotopic (exact) mass is 174 g/mol. The summed E-state index contributed by atoms with van der Waals surface area (Å²) >= 11 is 0. The maximum atomic E-state index is 3.89. The molecule has 0 spiro atoms. The third kappa shape index (κ3) is 3.06. The summed E-state index contributed by atoms with van der Waals surface area (Å²) in [5, 5.41) is 0. The molecule has 70 valence electrons. The maximum absolute atomic E-state index is 3.89. The van der Waals surface area contributed by atoms with Crippen molar-refractivity contribution in [3.63, 3.8) is 0 Å². The Bertz CT molecular complexity index is 235. The molecule has 0 fully saturated rings. The highest BCUT2D eigenvalue weighted by Gasteiger charge is 2.04. The quantitative estimate of drug-likeness (QED) is 0.588. The number of allylic oxidation sites excluding steroid dienone is 1. The highest BCUT2D eigenvalue weighted by Crippen LogP contribution is 2.22. The van der Waals surface area contributed by atoms with Crippen molar-refractivity contribution in [3.05, 3.63) is 48.6 Å². The zero-order valence-corrected chi connectivity index (χ0v) is 8.37. The van der Waals surface area contributed by atoms with Crippen molar-refractivity contribution in [2.45, 2.75) is 32.1 Å². The minimum absolute atomic E-state index is 0.543. The van der Waals surface area contributed by atoms with Crippen LogP contribution in [0.2, 0.25) is 0 Å². The predicted molar refractivity (Wildman–Crippen MR) is 58.9 cm³/mol. The fourth-order valence-electron chi connectivity index (χ4n) is 1.54. The summed E-state index contributed by atoms with van der Waals surface area (Å²) in [6, 6.07) is 10.6. The van der Waals surface area contributed by atoms with Gasteiger partial charge >= 0.3 is 0 Å². The van der Waals surface area contributed by atoms with Gasteiger partial charge in [0.25, 0.3) is 0 Å². The second kappa shape index (κ2) is 5.58. The highest BCUT2D eigenvalue weighted by atomic mass is 14.1. The number of benzene rings is 1. The second-order valence-electron chi connectivity index (χ2n) is 3.40. The van der Waals surface area contributed by atoms with Crippen LogP contribution in [-0.2, 0) is 0 Å². The first-order valence-electron chi connectivity index (χ1n) is 5.06. The third-order valence-corrected chi connectivity index (χ3v) is 2.38. The number of rotatable bonds is 5. The predicted octanol–water partition coefficient (Wildman–Crippen LogP) is 4.15. The van der Waals surface area contributed by atoms with Crippen LogP contribution in [0.1, 0.15) is 37.7 Å². The molecular weight excluding hydrogens is 156 g/mol. The van der Waals surface area contributed by atoms with Gasteiger partial charge < -0.3 is 0 Å². The van der Waals surface area contributed by atoms with Crippen molar-refractivity contribution >= 4 is 0 Å². The number of hydrogen-bond acceptors (Lipinski definition) is 0. The molecule has 0 aliphatic heterocycles. The van der Waals surface area contributed by atoms with E-state index < -0.39 is 0 Å². The Hall–Kier alpha value is -1.04. The molecule has 0 aromatic heterocycles. The molecule has 1 rings (SSSR count). The van der Waals surface area contributed by atoms with Gasteiger partial charge in [0.05, 0.1) is 0 Å². The summed E-state index contributed by atoms with van der Waals surface area (Å²) in [6.07, 6.45) is 5.83. The summed E-state index contributed by atoms with van der Waals surface area (Å²) in [4.78, 5) is 0. The van der Waals surface area contributed by atoms with Crippen LogP contribution in [0.3, 0.4) is 0 Å². The number of unbranched alkanes of at least 4 members (excludes halogenated alkanes) is 1. The molecule has 0 unspecified atom stereocenters. The Kier molecular flexibility index (Phi) is 4.31. The topological polar surface area (TPSA) is 0 Å². The van der Waals surface area contributed by atoms with E-state index in [1.54, 1.807) is 0 Å². The first kappa shape index (κ1) is 10.0. The van der Waals surface area contributed by atoms with Crippen LogP contribution < -0.4 is 0 Å². The lowest BCUT2D eigenvalue weighted by atomic mass is 9.94. The van der Waals surface area contributed by atoms with E-state index in [0.29, 0.717) is 5.92 Å². The Morgan fingerprint density at radius 3 is 2.54 bits per heavy atom.